The maximum Gasteiger partial charge on any atom is 0.303 e. The standard InChI is InChI=1S/C18H19FN2O4/c1-11(16-10-15(25-12(16)2)7-8-18(23)24)20-21-17(22)9-13-3-5-14(19)6-4-13/h3-6,10H,7-9H2,1-2H3,(H,21,22)(H,23,24)/b20-11-. The molecule has 0 unspecified atom stereocenters. The van der Waals surface area contributed by atoms with E-state index >= 15 is 0 Å². The van der Waals surface area contributed by atoms with E-state index in [-0.39, 0.29) is 24.6 Å². The lowest BCUT2D eigenvalue weighted by Crippen LogP contribution is -2.21. The molecule has 0 spiro atoms. The fourth-order valence-electron chi connectivity index (χ4n) is 2.29. The number of benzene rings is 1. The number of carbonyl (C=O) groups excluding carboxylic acids is 1. The summed E-state index contributed by atoms with van der Waals surface area (Å²) in [5, 5.41) is 12.8. The fourth-order valence-corrected chi connectivity index (χ4v) is 2.29. The average molecular weight is 346 g/mol. The van der Waals surface area contributed by atoms with Gasteiger partial charge in [0.05, 0.1) is 18.6 Å². The number of nitrogens with zero attached hydrogens (tertiary/aromatic N) is 1. The molecule has 1 heterocycles. The number of hydrogen-bond donors (Lipinski definition) is 2. The van der Waals surface area contributed by atoms with Crippen LogP contribution in [0.2, 0.25) is 0 Å². The monoisotopic (exact) mass is 346 g/mol. The first-order chi connectivity index (χ1) is 11.8. The minimum atomic E-state index is -0.894. The lowest BCUT2D eigenvalue weighted by atomic mass is 10.1. The first-order valence-electron chi connectivity index (χ1n) is 7.74. The van der Waals surface area contributed by atoms with Crippen molar-refractivity contribution in [3.05, 3.63) is 58.8 Å². The van der Waals surface area contributed by atoms with Gasteiger partial charge in [-0.2, -0.15) is 5.10 Å². The molecule has 6 nitrogen and oxygen atoms in total. The molecule has 0 saturated heterocycles. The summed E-state index contributed by atoms with van der Waals surface area (Å²) in [4.78, 5) is 22.5. The first-order valence-corrected chi connectivity index (χ1v) is 7.74. The topological polar surface area (TPSA) is 91.9 Å². The van der Waals surface area contributed by atoms with Gasteiger partial charge in [-0.25, -0.2) is 9.82 Å². The summed E-state index contributed by atoms with van der Waals surface area (Å²) < 4.78 is 18.3. The number of carboxylic acid groups (broad SMARTS) is 1. The van der Waals surface area contributed by atoms with Gasteiger partial charge in [-0.15, -0.1) is 0 Å². The SMILES string of the molecule is C/C(=N/NC(=O)Cc1ccc(F)cc1)c1cc(CCC(=O)O)oc1C. The Bertz CT molecular complexity index is 794. The molecule has 0 aliphatic carbocycles. The minimum Gasteiger partial charge on any atom is -0.481 e. The number of hydrogen-bond acceptors (Lipinski definition) is 4. The van der Waals surface area contributed by atoms with Crippen LogP contribution >= 0.6 is 0 Å². The quantitative estimate of drug-likeness (QED) is 0.596. The van der Waals surface area contributed by atoms with Gasteiger partial charge in [-0.1, -0.05) is 12.1 Å². The van der Waals surface area contributed by atoms with E-state index < -0.39 is 5.97 Å². The number of halogens is 1. The van der Waals surface area contributed by atoms with Crippen molar-refractivity contribution < 1.29 is 23.5 Å². The number of aryl methyl sites for hydroxylation is 2. The summed E-state index contributed by atoms with van der Waals surface area (Å²) in [7, 11) is 0. The Morgan fingerprint density at radius 1 is 1.28 bits per heavy atom. The van der Waals surface area contributed by atoms with Crippen molar-refractivity contribution in [2.75, 3.05) is 0 Å². The second-order valence-electron chi connectivity index (χ2n) is 5.61. The minimum absolute atomic E-state index is 0.0169. The molecule has 0 fully saturated rings. The van der Waals surface area contributed by atoms with Gasteiger partial charge in [0.2, 0.25) is 5.91 Å². The van der Waals surface area contributed by atoms with Gasteiger partial charge in [0, 0.05) is 12.0 Å². The fraction of sp³-hybridized carbons (Fsp3) is 0.278. The number of carbonyl (C=O) groups is 2. The van der Waals surface area contributed by atoms with E-state index in [1.54, 1.807) is 32.0 Å². The summed E-state index contributed by atoms with van der Waals surface area (Å²) in [6.45, 7) is 3.47. The highest BCUT2D eigenvalue weighted by Crippen LogP contribution is 2.17. The second-order valence-corrected chi connectivity index (χ2v) is 5.61. The van der Waals surface area contributed by atoms with Gasteiger partial charge in [0.25, 0.3) is 0 Å². The molecule has 0 radical (unpaired) electrons. The first kappa shape index (κ1) is 18.4. The maximum absolute atomic E-state index is 12.8. The Hall–Kier alpha value is -2.96. The molecule has 1 amide bonds. The van der Waals surface area contributed by atoms with Crippen molar-refractivity contribution in [1.82, 2.24) is 5.43 Å². The van der Waals surface area contributed by atoms with Gasteiger partial charge >= 0.3 is 5.97 Å². The summed E-state index contributed by atoms with van der Waals surface area (Å²) in [6, 6.07) is 7.40. The number of rotatable bonds is 7. The van der Waals surface area contributed by atoms with Crippen molar-refractivity contribution in [3.63, 3.8) is 0 Å². The van der Waals surface area contributed by atoms with E-state index in [4.69, 9.17) is 9.52 Å². The molecule has 25 heavy (non-hydrogen) atoms. The highest BCUT2D eigenvalue weighted by molar-refractivity contribution is 6.00. The summed E-state index contributed by atoms with van der Waals surface area (Å²) >= 11 is 0. The highest BCUT2D eigenvalue weighted by atomic mass is 19.1. The molecule has 0 saturated carbocycles. The molecule has 2 rings (SSSR count). The molecule has 2 aromatic rings. The van der Waals surface area contributed by atoms with E-state index in [2.05, 4.69) is 10.5 Å². The predicted octanol–water partition coefficient (Wildman–Crippen LogP) is 2.83. The average Bonchev–Trinajstić information content (AvgIpc) is 2.94. The molecule has 0 aliphatic rings. The maximum atomic E-state index is 12.8. The summed E-state index contributed by atoms with van der Waals surface area (Å²) in [5.41, 5.74) is 4.39. The number of amides is 1. The molecular formula is C18H19FN2O4. The van der Waals surface area contributed by atoms with Crippen molar-refractivity contribution in [2.24, 2.45) is 5.10 Å². The Balaban J connectivity index is 1.97. The Kier molecular flexibility index (Phi) is 6.05. The Morgan fingerprint density at radius 3 is 2.60 bits per heavy atom. The molecule has 132 valence electrons. The molecule has 1 aromatic heterocycles. The Morgan fingerprint density at radius 2 is 1.96 bits per heavy atom. The van der Waals surface area contributed by atoms with Crippen LogP contribution in [-0.2, 0) is 22.4 Å². The molecule has 7 heteroatoms. The lowest BCUT2D eigenvalue weighted by molar-refractivity contribution is -0.137. The van der Waals surface area contributed by atoms with Crippen LogP contribution in [0.15, 0.2) is 39.9 Å². The van der Waals surface area contributed by atoms with Crippen LogP contribution in [0.5, 0.6) is 0 Å². The molecule has 0 atom stereocenters. The van der Waals surface area contributed by atoms with Crippen LogP contribution in [0.3, 0.4) is 0 Å². The lowest BCUT2D eigenvalue weighted by Gasteiger charge is -2.02. The van der Waals surface area contributed by atoms with Gasteiger partial charge in [0.1, 0.15) is 17.3 Å². The van der Waals surface area contributed by atoms with E-state index in [0.717, 1.165) is 0 Å². The number of nitrogens with one attached hydrogen (secondary N) is 1. The van der Waals surface area contributed by atoms with E-state index in [1.807, 2.05) is 0 Å². The van der Waals surface area contributed by atoms with E-state index in [9.17, 15) is 14.0 Å². The third-order valence-electron chi connectivity index (χ3n) is 3.57. The van der Waals surface area contributed by atoms with Crippen molar-refractivity contribution in [1.29, 1.82) is 0 Å². The van der Waals surface area contributed by atoms with Gasteiger partial charge in [-0.3, -0.25) is 9.59 Å². The van der Waals surface area contributed by atoms with Gasteiger partial charge in [-0.05, 0) is 37.6 Å². The zero-order chi connectivity index (χ0) is 18.4. The van der Waals surface area contributed by atoms with Crippen molar-refractivity contribution in [3.8, 4) is 0 Å². The van der Waals surface area contributed by atoms with Gasteiger partial charge < -0.3 is 9.52 Å². The highest BCUT2D eigenvalue weighted by Gasteiger charge is 2.12. The smallest absolute Gasteiger partial charge is 0.303 e. The predicted molar refractivity (Wildman–Crippen MR) is 89.9 cm³/mol. The number of aliphatic carboxylic acids is 1. The zero-order valence-corrected chi connectivity index (χ0v) is 14.0. The van der Waals surface area contributed by atoms with Crippen LogP contribution in [0.4, 0.5) is 4.39 Å². The Labute approximate surface area is 144 Å². The van der Waals surface area contributed by atoms with E-state index in [1.165, 1.54) is 12.1 Å². The second kappa shape index (κ2) is 8.23. The molecule has 0 aliphatic heterocycles. The van der Waals surface area contributed by atoms with Crippen LogP contribution in [0.1, 0.15) is 36.0 Å². The van der Waals surface area contributed by atoms with Crippen LogP contribution < -0.4 is 5.43 Å². The van der Waals surface area contributed by atoms with E-state index in [0.29, 0.717) is 34.8 Å². The third-order valence-corrected chi connectivity index (χ3v) is 3.57. The normalized spacial score (nSPS) is 11.4. The van der Waals surface area contributed by atoms with Crippen molar-refractivity contribution in [2.45, 2.75) is 33.1 Å². The van der Waals surface area contributed by atoms with Crippen molar-refractivity contribution >= 4 is 17.6 Å². The summed E-state index contributed by atoms with van der Waals surface area (Å²) in [6.07, 6.45) is 0.364. The number of furan rings is 1. The largest absolute Gasteiger partial charge is 0.481 e. The number of carboxylic acids is 1. The summed E-state index contributed by atoms with van der Waals surface area (Å²) in [5.74, 6) is -0.407. The molecule has 2 N–H and O–H groups in total. The zero-order valence-electron chi connectivity index (χ0n) is 14.0. The van der Waals surface area contributed by atoms with Gasteiger partial charge in [0.15, 0.2) is 0 Å². The van der Waals surface area contributed by atoms with Crippen LogP contribution in [-0.4, -0.2) is 22.7 Å². The third kappa shape index (κ3) is 5.56. The van der Waals surface area contributed by atoms with Crippen LogP contribution in [0, 0.1) is 12.7 Å². The molecular weight excluding hydrogens is 327 g/mol. The van der Waals surface area contributed by atoms with Crippen LogP contribution in [0.25, 0.3) is 0 Å². The molecule has 1 aromatic carbocycles. The number of hydrazone groups is 1. The molecule has 0 bridgehead atoms.